The minimum atomic E-state index is 0. The van der Waals surface area contributed by atoms with Crippen LogP contribution >= 0.6 is 12.4 Å². The number of hydrogen-bond donors (Lipinski definition) is 3. The van der Waals surface area contributed by atoms with Crippen molar-refractivity contribution in [1.82, 2.24) is 14.9 Å². The van der Waals surface area contributed by atoms with Crippen LogP contribution in [0.15, 0.2) is 23.2 Å². The van der Waals surface area contributed by atoms with Crippen LogP contribution in [0.3, 0.4) is 0 Å². The molecule has 5 N–H and O–H groups in total. The second-order valence-corrected chi connectivity index (χ2v) is 7.74. The number of fused-ring (bicyclic) bond motifs is 3. The Hall–Kier alpha value is -2.38. The van der Waals surface area contributed by atoms with E-state index in [4.69, 9.17) is 21.4 Å². The maximum atomic E-state index is 5.35. The van der Waals surface area contributed by atoms with Crippen molar-refractivity contribution in [3.05, 3.63) is 40.8 Å². The lowest BCUT2D eigenvalue weighted by Crippen LogP contribution is -2.25. The normalized spacial score (nSPS) is 11.6. The molecule has 0 saturated carbocycles. The summed E-state index contributed by atoms with van der Waals surface area (Å²) in [4.78, 5) is 15.9. The molecule has 0 saturated heterocycles. The van der Waals surface area contributed by atoms with Gasteiger partial charge in [-0.25, -0.2) is 9.97 Å². The molecule has 1 aromatic heterocycles. The first-order valence-electron chi connectivity index (χ1n) is 10.5. The fourth-order valence-electron chi connectivity index (χ4n) is 3.76. The highest BCUT2D eigenvalue weighted by molar-refractivity contribution is 5.85. The third kappa shape index (κ3) is 6.06. The number of aromatic nitrogens is 2. The predicted molar refractivity (Wildman–Crippen MR) is 128 cm³/mol. The number of aryl methyl sites for hydroxylation is 2. The summed E-state index contributed by atoms with van der Waals surface area (Å²) in [5.41, 5.74) is 17.0. The zero-order chi connectivity index (χ0) is 20.8. The minimum absolute atomic E-state index is 0. The Morgan fingerprint density at radius 1 is 1.20 bits per heavy atom. The van der Waals surface area contributed by atoms with Gasteiger partial charge in [0.25, 0.3) is 0 Å². The SMILES string of the molecule is CCc1nc2c(c(NCCCN(C)CCCN=C(N)N)n1)-c1ccc(C)cc1C2.Cl. The molecule has 1 aliphatic carbocycles. The molecule has 2 aromatic rings. The molecule has 0 bridgehead atoms. The largest absolute Gasteiger partial charge is 0.370 e. The second-order valence-electron chi connectivity index (χ2n) is 7.74. The van der Waals surface area contributed by atoms with Crippen LogP contribution in [0.25, 0.3) is 11.1 Å². The van der Waals surface area contributed by atoms with Crippen LogP contribution in [0.4, 0.5) is 5.82 Å². The van der Waals surface area contributed by atoms with Gasteiger partial charge in [0.15, 0.2) is 5.96 Å². The van der Waals surface area contributed by atoms with Crippen molar-refractivity contribution in [3.63, 3.8) is 0 Å². The van der Waals surface area contributed by atoms with Crippen LogP contribution < -0.4 is 16.8 Å². The van der Waals surface area contributed by atoms with Crippen molar-refractivity contribution < 1.29 is 0 Å². The molecule has 0 fully saturated rings. The fourth-order valence-corrected chi connectivity index (χ4v) is 3.76. The van der Waals surface area contributed by atoms with Gasteiger partial charge in [-0.3, -0.25) is 4.99 Å². The molecule has 0 radical (unpaired) electrons. The molecule has 0 spiro atoms. The lowest BCUT2D eigenvalue weighted by molar-refractivity contribution is 0.330. The van der Waals surface area contributed by atoms with Crippen LogP contribution in [0.5, 0.6) is 0 Å². The van der Waals surface area contributed by atoms with E-state index in [-0.39, 0.29) is 18.4 Å². The summed E-state index contributed by atoms with van der Waals surface area (Å²) < 4.78 is 0. The fraction of sp³-hybridized carbons (Fsp3) is 0.500. The highest BCUT2D eigenvalue weighted by atomic mass is 35.5. The highest BCUT2D eigenvalue weighted by Crippen LogP contribution is 2.40. The number of halogens is 1. The van der Waals surface area contributed by atoms with E-state index in [1.807, 2.05) is 0 Å². The summed E-state index contributed by atoms with van der Waals surface area (Å²) >= 11 is 0. The van der Waals surface area contributed by atoms with Crippen molar-refractivity contribution in [3.8, 4) is 11.1 Å². The van der Waals surface area contributed by atoms with Gasteiger partial charge in [0.05, 0.1) is 5.69 Å². The van der Waals surface area contributed by atoms with Gasteiger partial charge in [-0.15, -0.1) is 12.4 Å². The lowest BCUT2D eigenvalue weighted by Gasteiger charge is -2.17. The summed E-state index contributed by atoms with van der Waals surface area (Å²) in [6, 6.07) is 6.65. The summed E-state index contributed by atoms with van der Waals surface area (Å²) in [6.07, 6.45) is 3.74. The van der Waals surface area contributed by atoms with Crippen molar-refractivity contribution >= 4 is 24.2 Å². The van der Waals surface area contributed by atoms with Crippen LogP contribution in [-0.4, -0.2) is 54.1 Å². The van der Waals surface area contributed by atoms with Crippen molar-refractivity contribution in [2.75, 3.05) is 38.5 Å². The molecule has 1 heterocycles. The minimum Gasteiger partial charge on any atom is -0.370 e. The van der Waals surface area contributed by atoms with E-state index in [0.29, 0.717) is 6.54 Å². The van der Waals surface area contributed by atoms with Gasteiger partial charge in [-0.2, -0.15) is 0 Å². The number of anilines is 1. The van der Waals surface area contributed by atoms with Crippen LogP contribution in [0.2, 0.25) is 0 Å². The zero-order valence-corrected chi connectivity index (χ0v) is 19.1. The Morgan fingerprint density at radius 3 is 2.70 bits per heavy atom. The van der Waals surface area contributed by atoms with Crippen molar-refractivity contribution in [2.45, 2.75) is 39.5 Å². The number of nitrogens with one attached hydrogen (secondary N) is 1. The van der Waals surface area contributed by atoms with E-state index >= 15 is 0 Å². The first-order valence-corrected chi connectivity index (χ1v) is 10.5. The number of nitrogens with zero attached hydrogens (tertiary/aromatic N) is 4. The molecule has 0 atom stereocenters. The summed E-state index contributed by atoms with van der Waals surface area (Å²) in [7, 11) is 2.13. The van der Waals surface area contributed by atoms with Crippen molar-refractivity contribution in [2.24, 2.45) is 16.5 Å². The Kier molecular flexibility index (Phi) is 8.87. The van der Waals surface area contributed by atoms with Gasteiger partial charge in [0.2, 0.25) is 0 Å². The number of benzene rings is 1. The van der Waals surface area contributed by atoms with Gasteiger partial charge in [-0.1, -0.05) is 30.7 Å². The standard InChI is InChI=1S/C22H33N7.ClH/c1-4-19-27-18-14-16-13-15(2)7-8-17(16)20(18)21(28-19)25-9-5-11-29(3)12-6-10-26-22(23)24;/h7-8,13H,4-6,9-12,14H2,1-3H3,(H4,23,24,26)(H,25,27,28);1H. The number of rotatable bonds is 10. The quantitative estimate of drug-likeness (QED) is 0.259. The maximum absolute atomic E-state index is 5.35. The maximum Gasteiger partial charge on any atom is 0.185 e. The van der Waals surface area contributed by atoms with Gasteiger partial charge >= 0.3 is 0 Å². The summed E-state index contributed by atoms with van der Waals surface area (Å²) in [5.74, 6) is 2.05. The molecule has 1 aliphatic rings. The smallest absolute Gasteiger partial charge is 0.185 e. The van der Waals surface area contributed by atoms with Crippen LogP contribution in [0, 0.1) is 6.92 Å². The van der Waals surface area contributed by atoms with E-state index in [0.717, 1.165) is 62.7 Å². The molecule has 1 aromatic carbocycles. The number of aliphatic imine (C=N–C) groups is 1. The zero-order valence-electron chi connectivity index (χ0n) is 18.2. The molecule has 164 valence electrons. The average molecular weight is 432 g/mol. The Bertz CT molecular complexity index is 878. The van der Waals surface area contributed by atoms with E-state index in [2.05, 4.69) is 54.3 Å². The summed E-state index contributed by atoms with van der Waals surface area (Å²) in [5, 5.41) is 3.58. The molecule has 7 nitrogen and oxygen atoms in total. The highest BCUT2D eigenvalue weighted by Gasteiger charge is 2.24. The summed E-state index contributed by atoms with van der Waals surface area (Å²) in [6.45, 7) is 7.79. The molecule has 0 aliphatic heterocycles. The van der Waals surface area contributed by atoms with Crippen molar-refractivity contribution in [1.29, 1.82) is 0 Å². The predicted octanol–water partition coefficient (Wildman–Crippen LogP) is 2.74. The molecule has 0 unspecified atom stereocenters. The van der Waals surface area contributed by atoms with Crippen LogP contribution in [0.1, 0.15) is 42.4 Å². The van der Waals surface area contributed by atoms with E-state index < -0.39 is 0 Å². The van der Waals surface area contributed by atoms with Gasteiger partial charge in [-0.05, 0) is 51.0 Å². The average Bonchev–Trinajstić information content (AvgIpc) is 3.05. The molecule has 30 heavy (non-hydrogen) atoms. The Morgan fingerprint density at radius 2 is 1.97 bits per heavy atom. The number of guanidine groups is 1. The first-order chi connectivity index (χ1) is 14.0. The third-order valence-electron chi connectivity index (χ3n) is 5.24. The molecule has 3 rings (SSSR count). The molecule has 0 amide bonds. The van der Waals surface area contributed by atoms with Crippen LogP contribution in [-0.2, 0) is 12.8 Å². The Balaban J connectivity index is 0.00000320. The number of hydrogen-bond acceptors (Lipinski definition) is 5. The molecular formula is C22H34ClN7. The van der Waals surface area contributed by atoms with E-state index in [1.165, 1.54) is 22.3 Å². The van der Waals surface area contributed by atoms with Gasteiger partial charge in [0.1, 0.15) is 11.6 Å². The van der Waals surface area contributed by atoms with Gasteiger partial charge < -0.3 is 21.7 Å². The third-order valence-corrected chi connectivity index (χ3v) is 5.24. The Labute approximate surface area is 185 Å². The first kappa shape index (κ1) is 23.9. The van der Waals surface area contributed by atoms with E-state index in [1.54, 1.807) is 0 Å². The monoisotopic (exact) mass is 431 g/mol. The molecule has 8 heteroatoms. The second kappa shape index (κ2) is 11.1. The topological polar surface area (TPSA) is 105 Å². The lowest BCUT2D eigenvalue weighted by atomic mass is 10.0. The number of nitrogens with two attached hydrogens (primary N) is 2. The molecular weight excluding hydrogens is 398 g/mol. The van der Waals surface area contributed by atoms with Gasteiger partial charge in [0, 0.05) is 31.5 Å². The van der Waals surface area contributed by atoms with E-state index in [9.17, 15) is 0 Å².